The van der Waals surface area contributed by atoms with Gasteiger partial charge in [0.2, 0.25) is 0 Å². The SMILES string of the molecule is Cc1cccc(Cn2ccnc2)n1. The molecule has 0 bridgehead atoms. The molecule has 0 saturated carbocycles. The number of nitrogens with zero attached hydrogens (tertiary/aromatic N) is 3. The van der Waals surface area contributed by atoms with Gasteiger partial charge in [0, 0.05) is 18.1 Å². The van der Waals surface area contributed by atoms with Crippen LogP contribution >= 0.6 is 0 Å². The Morgan fingerprint density at radius 1 is 1.38 bits per heavy atom. The van der Waals surface area contributed by atoms with Crippen LogP contribution in [-0.2, 0) is 6.54 Å². The Hall–Kier alpha value is -1.64. The van der Waals surface area contributed by atoms with Crippen molar-refractivity contribution in [3.05, 3.63) is 48.3 Å². The molecule has 0 atom stereocenters. The van der Waals surface area contributed by atoms with Crippen LogP contribution in [0.25, 0.3) is 0 Å². The number of imidazole rings is 1. The lowest BCUT2D eigenvalue weighted by molar-refractivity contribution is 0.769. The lowest BCUT2D eigenvalue weighted by Crippen LogP contribution is -1.99. The maximum absolute atomic E-state index is 4.40. The van der Waals surface area contributed by atoms with Gasteiger partial charge in [-0.2, -0.15) is 0 Å². The number of aromatic nitrogens is 3. The van der Waals surface area contributed by atoms with Crippen LogP contribution in [0, 0.1) is 6.92 Å². The fraction of sp³-hybridized carbons (Fsp3) is 0.200. The van der Waals surface area contributed by atoms with Gasteiger partial charge >= 0.3 is 0 Å². The van der Waals surface area contributed by atoms with E-state index < -0.39 is 0 Å². The van der Waals surface area contributed by atoms with E-state index in [4.69, 9.17) is 0 Å². The van der Waals surface area contributed by atoms with E-state index in [2.05, 4.69) is 9.97 Å². The third-order valence-electron chi connectivity index (χ3n) is 1.85. The van der Waals surface area contributed by atoms with E-state index in [1.807, 2.05) is 35.9 Å². The van der Waals surface area contributed by atoms with Crippen molar-refractivity contribution in [2.75, 3.05) is 0 Å². The van der Waals surface area contributed by atoms with E-state index in [1.54, 1.807) is 12.5 Å². The quantitative estimate of drug-likeness (QED) is 0.691. The van der Waals surface area contributed by atoms with Crippen LogP contribution in [-0.4, -0.2) is 14.5 Å². The van der Waals surface area contributed by atoms with Gasteiger partial charge in [0.15, 0.2) is 0 Å². The molecule has 0 amide bonds. The van der Waals surface area contributed by atoms with Crippen LogP contribution in [0.5, 0.6) is 0 Å². The predicted octanol–water partition coefficient (Wildman–Crippen LogP) is 1.63. The first kappa shape index (κ1) is 7.98. The Morgan fingerprint density at radius 2 is 2.31 bits per heavy atom. The van der Waals surface area contributed by atoms with Crippen LogP contribution in [0.1, 0.15) is 11.4 Å². The van der Waals surface area contributed by atoms with Crippen molar-refractivity contribution in [3.8, 4) is 0 Å². The van der Waals surface area contributed by atoms with Gasteiger partial charge in [-0.15, -0.1) is 0 Å². The third-order valence-corrected chi connectivity index (χ3v) is 1.85. The molecule has 0 aliphatic heterocycles. The number of hydrogen-bond acceptors (Lipinski definition) is 2. The van der Waals surface area contributed by atoms with Crippen LogP contribution in [0.4, 0.5) is 0 Å². The molecule has 0 fully saturated rings. The first-order chi connectivity index (χ1) is 6.34. The summed E-state index contributed by atoms with van der Waals surface area (Å²) in [6.45, 7) is 2.79. The number of aryl methyl sites for hydroxylation is 1. The molecule has 0 radical (unpaired) electrons. The second-order valence-electron chi connectivity index (χ2n) is 3.01. The Morgan fingerprint density at radius 3 is 3.00 bits per heavy atom. The van der Waals surface area contributed by atoms with E-state index >= 15 is 0 Å². The largest absolute Gasteiger partial charge is 0.331 e. The zero-order chi connectivity index (χ0) is 9.10. The smallest absolute Gasteiger partial charge is 0.0949 e. The van der Waals surface area contributed by atoms with Crippen LogP contribution in [0.15, 0.2) is 36.9 Å². The van der Waals surface area contributed by atoms with E-state index in [0.717, 1.165) is 17.9 Å². The molecule has 13 heavy (non-hydrogen) atoms. The Labute approximate surface area is 77.1 Å². The molecule has 3 nitrogen and oxygen atoms in total. The monoisotopic (exact) mass is 173 g/mol. The second kappa shape index (κ2) is 3.39. The first-order valence-corrected chi connectivity index (χ1v) is 4.23. The zero-order valence-corrected chi connectivity index (χ0v) is 7.51. The molecule has 2 heterocycles. The topological polar surface area (TPSA) is 30.7 Å². The van der Waals surface area contributed by atoms with Crippen molar-refractivity contribution in [1.82, 2.24) is 14.5 Å². The van der Waals surface area contributed by atoms with Crippen LogP contribution in [0.3, 0.4) is 0 Å². The molecule has 0 aliphatic rings. The van der Waals surface area contributed by atoms with Gasteiger partial charge in [0.05, 0.1) is 18.6 Å². The van der Waals surface area contributed by atoms with Crippen molar-refractivity contribution >= 4 is 0 Å². The lowest BCUT2D eigenvalue weighted by atomic mass is 10.3. The average Bonchev–Trinajstić information content (AvgIpc) is 2.57. The van der Waals surface area contributed by atoms with Crippen molar-refractivity contribution < 1.29 is 0 Å². The number of pyridine rings is 1. The highest BCUT2D eigenvalue weighted by Crippen LogP contribution is 2.00. The van der Waals surface area contributed by atoms with Gasteiger partial charge in [-0.05, 0) is 19.1 Å². The fourth-order valence-electron chi connectivity index (χ4n) is 1.25. The number of rotatable bonds is 2. The third kappa shape index (κ3) is 1.93. The second-order valence-corrected chi connectivity index (χ2v) is 3.01. The van der Waals surface area contributed by atoms with Crippen molar-refractivity contribution in [2.24, 2.45) is 0 Å². The molecule has 0 N–H and O–H groups in total. The summed E-state index contributed by atoms with van der Waals surface area (Å²) in [5.74, 6) is 0. The summed E-state index contributed by atoms with van der Waals surface area (Å²) in [5, 5.41) is 0. The van der Waals surface area contributed by atoms with Crippen LogP contribution in [0.2, 0.25) is 0 Å². The van der Waals surface area contributed by atoms with Gasteiger partial charge < -0.3 is 4.57 Å². The fourth-order valence-corrected chi connectivity index (χ4v) is 1.25. The van der Waals surface area contributed by atoms with Crippen molar-refractivity contribution in [2.45, 2.75) is 13.5 Å². The maximum atomic E-state index is 4.40. The molecule has 0 unspecified atom stereocenters. The van der Waals surface area contributed by atoms with Gasteiger partial charge in [-0.3, -0.25) is 4.98 Å². The van der Waals surface area contributed by atoms with Crippen molar-refractivity contribution in [3.63, 3.8) is 0 Å². The van der Waals surface area contributed by atoms with E-state index in [9.17, 15) is 0 Å². The lowest BCUT2D eigenvalue weighted by Gasteiger charge is -2.01. The summed E-state index contributed by atoms with van der Waals surface area (Å²) in [6.07, 6.45) is 5.50. The van der Waals surface area contributed by atoms with E-state index in [-0.39, 0.29) is 0 Å². The summed E-state index contributed by atoms with van der Waals surface area (Å²) < 4.78 is 2.00. The molecule has 0 spiro atoms. The van der Waals surface area contributed by atoms with E-state index in [0.29, 0.717) is 0 Å². The normalized spacial score (nSPS) is 10.2. The molecule has 66 valence electrons. The first-order valence-electron chi connectivity index (χ1n) is 4.23. The zero-order valence-electron chi connectivity index (χ0n) is 7.51. The molecule has 2 aromatic heterocycles. The average molecular weight is 173 g/mol. The molecule has 0 aliphatic carbocycles. The standard InChI is InChI=1S/C10H11N3/c1-9-3-2-4-10(12-9)7-13-6-5-11-8-13/h2-6,8H,7H2,1H3. The summed E-state index contributed by atoms with van der Waals surface area (Å²) in [4.78, 5) is 8.38. The minimum absolute atomic E-state index is 0.793. The molecular formula is C10H11N3. The summed E-state index contributed by atoms with van der Waals surface area (Å²) in [7, 11) is 0. The minimum atomic E-state index is 0.793. The number of hydrogen-bond donors (Lipinski definition) is 0. The van der Waals surface area contributed by atoms with Gasteiger partial charge in [-0.25, -0.2) is 4.98 Å². The Bertz CT molecular complexity index is 379. The molecule has 2 rings (SSSR count). The molecule has 2 aromatic rings. The highest BCUT2D eigenvalue weighted by atomic mass is 15.0. The molecule has 0 aromatic carbocycles. The maximum Gasteiger partial charge on any atom is 0.0949 e. The van der Waals surface area contributed by atoms with Gasteiger partial charge in [0.25, 0.3) is 0 Å². The molecular weight excluding hydrogens is 162 g/mol. The Kier molecular flexibility index (Phi) is 2.08. The van der Waals surface area contributed by atoms with Crippen molar-refractivity contribution in [1.29, 1.82) is 0 Å². The molecule has 3 heteroatoms. The summed E-state index contributed by atoms with van der Waals surface area (Å²) in [6, 6.07) is 6.04. The molecule has 0 saturated heterocycles. The predicted molar refractivity (Wildman–Crippen MR) is 50.3 cm³/mol. The summed E-state index contributed by atoms with van der Waals surface area (Å²) >= 11 is 0. The van der Waals surface area contributed by atoms with E-state index in [1.165, 1.54) is 0 Å². The van der Waals surface area contributed by atoms with Crippen LogP contribution < -0.4 is 0 Å². The highest BCUT2D eigenvalue weighted by molar-refractivity contribution is 5.10. The Balaban J connectivity index is 2.19. The summed E-state index contributed by atoms with van der Waals surface area (Å²) in [5.41, 5.74) is 2.12. The van der Waals surface area contributed by atoms with Gasteiger partial charge in [-0.1, -0.05) is 6.07 Å². The van der Waals surface area contributed by atoms with Gasteiger partial charge in [0.1, 0.15) is 0 Å². The minimum Gasteiger partial charge on any atom is -0.331 e. The highest BCUT2D eigenvalue weighted by Gasteiger charge is 1.95.